The molecule has 1 unspecified atom stereocenters. The molecule has 1 rings (SSSR count). The van der Waals surface area contributed by atoms with Gasteiger partial charge in [0.1, 0.15) is 5.92 Å². The van der Waals surface area contributed by atoms with Crippen molar-refractivity contribution in [2.24, 2.45) is 5.92 Å². The maximum Gasteiger partial charge on any atom is 0.241 e. The summed E-state index contributed by atoms with van der Waals surface area (Å²) >= 11 is 0. The van der Waals surface area contributed by atoms with Crippen LogP contribution in [-0.4, -0.2) is 5.91 Å². The molecule has 78 valence electrons. The van der Waals surface area contributed by atoms with E-state index in [0.717, 1.165) is 16.8 Å². The molecule has 0 aromatic heterocycles. The third-order valence-electron chi connectivity index (χ3n) is 2.23. The molecule has 0 fully saturated rings. The molecule has 1 amide bonds. The van der Waals surface area contributed by atoms with Gasteiger partial charge in [0.15, 0.2) is 0 Å². The first-order valence-corrected chi connectivity index (χ1v) is 4.82. The smallest absolute Gasteiger partial charge is 0.241 e. The molecule has 0 aliphatic rings. The molecule has 0 aliphatic heterocycles. The van der Waals surface area contributed by atoms with Crippen molar-refractivity contribution in [1.82, 2.24) is 0 Å². The highest BCUT2D eigenvalue weighted by molar-refractivity contribution is 5.94. The quantitative estimate of drug-likeness (QED) is 0.800. The largest absolute Gasteiger partial charge is 0.325 e. The van der Waals surface area contributed by atoms with E-state index in [2.05, 4.69) is 5.32 Å². The van der Waals surface area contributed by atoms with Crippen molar-refractivity contribution in [1.29, 1.82) is 5.26 Å². The van der Waals surface area contributed by atoms with E-state index in [9.17, 15) is 4.79 Å². The molecular weight excluding hydrogens is 188 g/mol. The number of nitrogens with one attached hydrogen (secondary N) is 1. The minimum absolute atomic E-state index is 0.260. The van der Waals surface area contributed by atoms with E-state index in [1.165, 1.54) is 0 Å². The van der Waals surface area contributed by atoms with Gasteiger partial charge < -0.3 is 5.32 Å². The SMILES string of the molecule is Cc1ccc(NC(=O)C(C)C#N)c(C)c1. The summed E-state index contributed by atoms with van der Waals surface area (Å²) in [5, 5.41) is 11.3. The molecule has 0 saturated heterocycles. The molecular formula is C12H14N2O. The van der Waals surface area contributed by atoms with Crippen LogP contribution in [0, 0.1) is 31.1 Å². The summed E-state index contributed by atoms with van der Waals surface area (Å²) in [7, 11) is 0. The number of aryl methyl sites for hydroxylation is 2. The third-order valence-corrected chi connectivity index (χ3v) is 2.23. The Bertz CT molecular complexity index is 418. The Morgan fingerprint density at radius 3 is 2.67 bits per heavy atom. The number of hydrogen-bond acceptors (Lipinski definition) is 2. The molecule has 0 spiro atoms. The lowest BCUT2D eigenvalue weighted by Crippen LogP contribution is -2.19. The zero-order valence-corrected chi connectivity index (χ0v) is 9.16. The Labute approximate surface area is 89.7 Å². The third kappa shape index (κ3) is 2.81. The molecule has 0 heterocycles. The minimum atomic E-state index is -0.620. The number of amides is 1. The van der Waals surface area contributed by atoms with Gasteiger partial charge in [-0.15, -0.1) is 0 Å². The lowest BCUT2D eigenvalue weighted by Gasteiger charge is -2.09. The number of carbonyl (C=O) groups is 1. The Hall–Kier alpha value is -1.82. The van der Waals surface area contributed by atoms with Crippen LogP contribution < -0.4 is 5.32 Å². The summed E-state index contributed by atoms with van der Waals surface area (Å²) in [5.41, 5.74) is 2.93. The first kappa shape index (κ1) is 11.3. The van der Waals surface area contributed by atoms with E-state index >= 15 is 0 Å². The second kappa shape index (κ2) is 4.61. The Morgan fingerprint density at radius 1 is 1.47 bits per heavy atom. The van der Waals surface area contributed by atoms with E-state index in [4.69, 9.17) is 5.26 Å². The Balaban J connectivity index is 2.82. The topological polar surface area (TPSA) is 52.9 Å². The second-order valence-corrected chi connectivity index (χ2v) is 3.66. The lowest BCUT2D eigenvalue weighted by atomic mass is 10.1. The maximum atomic E-state index is 11.4. The number of anilines is 1. The van der Waals surface area contributed by atoms with Gasteiger partial charge in [0, 0.05) is 5.69 Å². The molecule has 15 heavy (non-hydrogen) atoms. The number of benzene rings is 1. The minimum Gasteiger partial charge on any atom is -0.325 e. The summed E-state index contributed by atoms with van der Waals surface area (Å²) in [4.78, 5) is 11.4. The maximum absolute atomic E-state index is 11.4. The number of hydrogen-bond donors (Lipinski definition) is 1. The fraction of sp³-hybridized carbons (Fsp3) is 0.333. The zero-order chi connectivity index (χ0) is 11.4. The molecule has 1 aromatic carbocycles. The number of nitriles is 1. The molecule has 3 nitrogen and oxygen atoms in total. The van der Waals surface area contributed by atoms with Crippen LogP contribution in [0.1, 0.15) is 18.1 Å². The summed E-state index contributed by atoms with van der Waals surface area (Å²) in [6, 6.07) is 7.68. The van der Waals surface area contributed by atoms with Crippen molar-refractivity contribution in [3.05, 3.63) is 29.3 Å². The zero-order valence-electron chi connectivity index (χ0n) is 9.16. The predicted molar refractivity (Wildman–Crippen MR) is 59.3 cm³/mol. The van der Waals surface area contributed by atoms with Crippen LogP contribution >= 0.6 is 0 Å². The van der Waals surface area contributed by atoms with Gasteiger partial charge in [0.2, 0.25) is 5.91 Å². The van der Waals surface area contributed by atoms with Gasteiger partial charge in [-0.1, -0.05) is 17.7 Å². The fourth-order valence-corrected chi connectivity index (χ4v) is 1.25. The van der Waals surface area contributed by atoms with Crippen molar-refractivity contribution < 1.29 is 4.79 Å². The van der Waals surface area contributed by atoms with Gasteiger partial charge in [0.25, 0.3) is 0 Å². The monoisotopic (exact) mass is 202 g/mol. The number of carbonyl (C=O) groups excluding carboxylic acids is 1. The van der Waals surface area contributed by atoms with Crippen molar-refractivity contribution in [2.75, 3.05) is 5.32 Å². The van der Waals surface area contributed by atoms with Crippen LogP contribution in [-0.2, 0) is 4.79 Å². The molecule has 1 N–H and O–H groups in total. The van der Waals surface area contributed by atoms with Crippen molar-refractivity contribution >= 4 is 11.6 Å². The van der Waals surface area contributed by atoms with Gasteiger partial charge in [-0.3, -0.25) is 4.79 Å². The number of nitrogens with zero attached hydrogens (tertiary/aromatic N) is 1. The van der Waals surface area contributed by atoms with Crippen LogP contribution in [0.2, 0.25) is 0 Å². The summed E-state index contributed by atoms with van der Waals surface area (Å²) in [5.74, 6) is -0.879. The highest BCUT2D eigenvalue weighted by Crippen LogP contribution is 2.16. The van der Waals surface area contributed by atoms with Crippen molar-refractivity contribution in [2.45, 2.75) is 20.8 Å². The van der Waals surface area contributed by atoms with E-state index in [0.29, 0.717) is 0 Å². The normalized spacial score (nSPS) is 11.6. The molecule has 0 bridgehead atoms. The van der Waals surface area contributed by atoms with Gasteiger partial charge in [-0.2, -0.15) is 5.26 Å². The highest BCUT2D eigenvalue weighted by atomic mass is 16.1. The van der Waals surface area contributed by atoms with Gasteiger partial charge in [-0.05, 0) is 32.4 Å². The van der Waals surface area contributed by atoms with Gasteiger partial charge in [-0.25, -0.2) is 0 Å². The molecule has 0 saturated carbocycles. The van der Waals surface area contributed by atoms with E-state index in [1.54, 1.807) is 6.92 Å². The average molecular weight is 202 g/mol. The van der Waals surface area contributed by atoms with Crippen LogP contribution in [0.5, 0.6) is 0 Å². The van der Waals surface area contributed by atoms with Crippen LogP contribution in [0.25, 0.3) is 0 Å². The van der Waals surface area contributed by atoms with Crippen LogP contribution in [0.3, 0.4) is 0 Å². The fourth-order valence-electron chi connectivity index (χ4n) is 1.25. The van der Waals surface area contributed by atoms with Crippen LogP contribution in [0.15, 0.2) is 18.2 Å². The van der Waals surface area contributed by atoms with Gasteiger partial charge in [0.05, 0.1) is 6.07 Å². The van der Waals surface area contributed by atoms with E-state index in [-0.39, 0.29) is 5.91 Å². The molecule has 1 atom stereocenters. The lowest BCUT2D eigenvalue weighted by molar-refractivity contribution is -0.117. The van der Waals surface area contributed by atoms with E-state index in [1.807, 2.05) is 38.1 Å². The second-order valence-electron chi connectivity index (χ2n) is 3.66. The summed E-state index contributed by atoms with van der Waals surface area (Å²) < 4.78 is 0. The van der Waals surface area contributed by atoms with E-state index < -0.39 is 5.92 Å². The first-order valence-electron chi connectivity index (χ1n) is 4.82. The van der Waals surface area contributed by atoms with Crippen molar-refractivity contribution in [3.63, 3.8) is 0 Å². The first-order chi connectivity index (χ1) is 7.04. The predicted octanol–water partition coefficient (Wildman–Crippen LogP) is 2.40. The average Bonchev–Trinajstić information content (AvgIpc) is 2.20. The summed E-state index contributed by atoms with van der Waals surface area (Å²) in [6.45, 7) is 5.51. The van der Waals surface area contributed by atoms with Gasteiger partial charge >= 0.3 is 0 Å². The molecule has 0 radical (unpaired) electrons. The standard InChI is InChI=1S/C12H14N2O/c1-8-4-5-11(9(2)6-8)14-12(15)10(3)7-13/h4-6,10H,1-3H3,(H,14,15). The summed E-state index contributed by atoms with van der Waals surface area (Å²) in [6.07, 6.45) is 0. The Kier molecular flexibility index (Phi) is 3.46. The molecule has 1 aromatic rings. The van der Waals surface area contributed by atoms with Crippen molar-refractivity contribution in [3.8, 4) is 6.07 Å². The van der Waals surface area contributed by atoms with Crippen LogP contribution in [0.4, 0.5) is 5.69 Å². The molecule has 3 heteroatoms. The molecule has 0 aliphatic carbocycles. The highest BCUT2D eigenvalue weighted by Gasteiger charge is 2.12. The number of rotatable bonds is 2. The Morgan fingerprint density at radius 2 is 2.13 bits per heavy atom.